The first-order chi connectivity index (χ1) is 9.74. The van der Waals surface area contributed by atoms with Crippen molar-refractivity contribution >= 4 is 21.6 Å². The van der Waals surface area contributed by atoms with Crippen LogP contribution in [-0.2, 0) is 6.54 Å². The monoisotopic (exact) mass is 336 g/mol. The van der Waals surface area contributed by atoms with E-state index in [-0.39, 0.29) is 0 Å². The standard InChI is InChI=1S/C17H25BrN2/c1-13-5-3-2-4-10-20(13)16-9-6-14(17(18)11-16)12-19-15-7-8-15/h6,9,11,13,15,19H,2-5,7-8,10,12H2,1H3. The van der Waals surface area contributed by atoms with E-state index in [0.717, 1.165) is 12.6 Å². The van der Waals surface area contributed by atoms with Crippen LogP contribution in [0.4, 0.5) is 5.69 Å². The zero-order valence-corrected chi connectivity index (χ0v) is 14.0. The lowest BCUT2D eigenvalue weighted by molar-refractivity contribution is 0.616. The van der Waals surface area contributed by atoms with Gasteiger partial charge in [0.05, 0.1) is 0 Å². The smallest absolute Gasteiger partial charge is 0.0380 e. The third kappa shape index (κ3) is 3.56. The van der Waals surface area contributed by atoms with Crippen molar-refractivity contribution in [1.29, 1.82) is 0 Å². The molecule has 0 amide bonds. The Balaban J connectivity index is 1.70. The fourth-order valence-electron chi connectivity index (χ4n) is 3.06. The molecule has 20 heavy (non-hydrogen) atoms. The molecule has 0 spiro atoms. The fourth-order valence-corrected chi connectivity index (χ4v) is 3.57. The van der Waals surface area contributed by atoms with Crippen LogP contribution in [0.25, 0.3) is 0 Å². The van der Waals surface area contributed by atoms with Gasteiger partial charge in [-0.25, -0.2) is 0 Å². The van der Waals surface area contributed by atoms with Crippen LogP contribution in [0.5, 0.6) is 0 Å². The van der Waals surface area contributed by atoms with Crippen molar-refractivity contribution in [2.24, 2.45) is 0 Å². The molecule has 1 atom stereocenters. The SMILES string of the molecule is CC1CCCCCN1c1ccc(CNC2CC2)c(Br)c1. The number of benzene rings is 1. The van der Waals surface area contributed by atoms with E-state index in [1.807, 2.05) is 0 Å². The summed E-state index contributed by atoms with van der Waals surface area (Å²) in [7, 11) is 0. The van der Waals surface area contributed by atoms with E-state index >= 15 is 0 Å². The van der Waals surface area contributed by atoms with Gasteiger partial charge in [-0.2, -0.15) is 0 Å². The average Bonchev–Trinajstić information content (AvgIpc) is 3.25. The van der Waals surface area contributed by atoms with Crippen molar-refractivity contribution in [3.63, 3.8) is 0 Å². The Morgan fingerprint density at radius 3 is 2.80 bits per heavy atom. The lowest BCUT2D eigenvalue weighted by Gasteiger charge is -2.30. The van der Waals surface area contributed by atoms with Gasteiger partial charge >= 0.3 is 0 Å². The van der Waals surface area contributed by atoms with Crippen molar-refractivity contribution in [2.75, 3.05) is 11.4 Å². The largest absolute Gasteiger partial charge is 0.369 e. The number of nitrogens with zero attached hydrogens (tertiary/aromatic N) is 1. The normalized spacial score (nSPS) is 23.7. The highest BCUT2D eigenvalue weighted by Crippen LogP contribution is 2.29. The van der Waals surface area contributed by atoms with Crippen LogP contribution in [0.1, 0.15) is 51.0 Å². The maximum atomic E-state index is 3.76. The zero-order valence-electron chi connectivity index (χ0n) is 12.4. The summed E-state index contributed by atoms with van der Waals surface area (Å²) in [5.74, 6) is 0. The second-order valence-corrected chi connectivity index (χ2v) is 7.18. The average molecular weight is 337 g/mol. The lowest BCUT2D eigenvalue weighted by Crippen LogP contribution is -2.32. The molecule has 1 aromatic rings. The molecule has 0 aromatic heterocycles. The van der Waals surface area contributed by atoms with E-state index in [1.165, 1.54) is 60.8 Å². The van der Waals surface area contributed by atoms with Gasteiger partial charge in [0.15, 0.2) is 0 Å². The summed E-state index contributed by atoms with van der Waals surface area (Å²) < 4.78 is 1.25. The minimum Gasteiger partial charge on any atom is -0.369 e. The molecular formula is C17H25BrN2. The van der Waals surface area contributed by atoms with Gasteiger partial charge in [-0.1, -0.05) is 34.8 Å². The van der Waals surface area contributed by atoms with Crippen LogP contribution in [0, 0.1) is 0 Å². The Hall–Kier alpha value is -0.540. The summed E-state index contributed by atoms with van der Waals surface area (Å²) in [4.78, 5) is 2.58. The summed E-state index contributed by atoms with van der Waals surface area (Å²) in [6.45, 7) is 4.55. The van der Waals surface area contributed by atoms with Crippen molar-refractivity contribution in [3.05, 3.63) is 28.2 Å². The molecule has 0 bridgehead atoms. The summed E-state index contributed by atoms with van der Waals surface area (Å²) in [6.07, 6.45) is 8.10. The number of nitrogens with one attached hydrogen (secondary N) is 1. The molecule has 1 N–H and O–H groups in total. The predicted molar refractivity (Wildman–Crippen MR) is 89.3 cm³/mol. The summed E-state index contributed by atoms with van der Waals surface area (Å²) in [5.41, 5.74) is 2.75. The first-order valence-electron chi connectivity index (χ1n) is 8.02. The van der Waals surface area contributed by atoms with Crippen LogP contribution < -0.4 is 10.2 Å². The maximum Gasteiger partial charge on any atom is 0.0380 e. The molecule has 0 radical (unpaired) electrons. The minimum absolute atomic E-state index is 0.667. The Bertz CT molecular complexity index is 456. The van der Waals surface area contributed by atoms with Gasteiger partial charge in [-0.3, -0.25) is 0 Å². The topological polar surface area (TPSA) is 15.3 Å². The first kappa shape index (κ1) is 14.4. The second-order valence-electron chi connectivity index (χ2n) is 6.32. The minimum atomic E-state index is 0.667. The molecule has 1 unspecified atom stereocenters. The number of hydrogen-bond acceptors (Lipinski definition) is 2. The van der Waals surface area contributed by atoms with Crippen LogP contribution >= 0.6 is 15.9 Å². The molecule has 1 saturated heterocycles. The summed E-state index contributed by atoms with van der Waals surface area (Å²) in [5, 5.41) is 3.59. The fraction of sp³-hybridized carbons (Fsp3) is 0.647. The van der Waals surface area contributed by atoms with Crippen LogP contribution in [0.15, 0.2) is 22.7 Å². The number of hydrogen-bond donors (Lipinski definition) is 1. The Labute approximate surface area is 131 Å². The van der Waals surface area contributed by atoms with Crippen molar-refractivity contribution in [3.8, 4) is 0 Å². The summed E-state index contributed by atoms with van der Waals surface area (Å²) in [6, 6.07) is 8.33. The molecule has 1 aliphatic carbocycles. The Morgan fingerprint density at radius 2 is 2.05 bits per heavy atom. The van der Waals surface area contributed by atoms with Gasteiger partial charge in [-0.15, -0.1) is 0 Å². The maximum absolute atomic E-state index is 3.76. The van der Waals surface area contributed by atoms with Crippen molar-refractivity contribution in [2.45, 2.75) is 64.1 Å². The van der Waals surface area contributed by atoms with E-state index in [2.05, 4.69) is 51.3 Å². The number of anilines is 1. The Kier molecular flexibility index (Phi) is 4.67. The molecule has 1 aliphatic heterocycles. The van der Waals surface area contributed by atoms with E-state index < -0.39 is 0 Å². The predicted octanol–water partition coefficient (Wildman–Crippen LogP) is 4.47. The van der Waals surface area contributed by atoms with Gasteiger partial charge in [0.2, 0.25) is 0 Å². The molecule has 1 aromatic carbocycles. The number of halogens is 1. The van der Waals surface area contributed by atoms with E-state index in [0.29, 0.717) is 6.04 Å². The van der Waals surface area contributed by atoms with E-state index in [1.54, 1.807) is 0 Å². The van der Waals surface area contributed by atoms with Crippen LogP contribution in [0.3, 0.4) is 0 Å². The third-order valence-electron chi connectivity index (χ3n) is 4.58. The van der Waals surface area contributed by atoms with Crippen molar-refractivity contribution < 1.29 is 0 Å². The molecule has 110 valence electrons. The summed E-state index contributed by atoms with van der Waals surface area (Å²) >= 11 is 3.76. The highest BCUT2D eigenvalue weighted by Gasteiger charge is 2.21. The second kappa shape index (κ2) is 6.48. The quantitative estimate of drug-likeness (QED) is 0.872. The third-order valence-corrected chi connectivity index (χ3v) is 5.32. The molecule has 2 fully saturated rings. The zero-order chi connectivity index (χ0) is 13.9. The molecule has 2 nitrogen and oxygen atoms in total. The van der Waals surface area contributed by atoms with Gasteiger partial charge in [0.1, 0.15) is 0 Å². The molecule has 3 rings (SSSR count). The molecule has 1 saturated carbocycles. The van der Waals surface area contributed by atoms with Crippen LogP contribution in [0.2, 0.25) is 0 Å². The van der Waals surface area contributed by atoms with Gasteiger partial charge in [0, 0.05) is 35.3 Å². The highest BCUT2D eigenvalue weighted by atomic mass is 79.9. The number of rotatable bonds is 4. The van der Waals surface area contributed by atoms with Gasteiger partial charge < -0.3 is 10.2 Å². The van der Waals surface area contributed by atoms with Crippen molar-refractivity contribution in [1.82, 2.24) is 5.32 Å². The van der Waals surface area contributed by atoms with Gasteiger partial charge in [-0.05, 0) is 50.3 Å². The molecule has 3 heteroatoms. The van der Waals surface area contributed by atoms with E-state index in [4.69, 9.17) is 0 Å². The lowest BCUT2D eigenvalue weighted by atomic mass is 10.1. The van der Waals surface area contributed by atoms with E-state index in [9.17, 15) is 0 Å². The highest BCUT2D eigenvalue weighted by molar-refractivity contribution is 9.10. The van der Waals surface area contributed by atoms with Crippen LogP contribution in [-0.4, -0.2) is 18.6 Å². The first-order valence-corrected chi connectivity index (χ1v) is 8.82. The van der Waals surface area contributed by atoms with Gasteiger partial charge in [0.25, 0.3) is 0 Å². The Morgan fingerprint density at radius 1 is 1.20 bits per heavy atom. The molecule has 2 aliphatic rings. The molecule has 1 heterocycles. The molecular weight excluding hydrogens is 312 g/mol.